The number of ether oxygens (including phenoxy) is 3. The summed E-state index contributed by atoms with van der Waals surface area (Å²) in [5, 5.41) is 0. The van der Waals surface area contributed by atoms with Crippen LogP contribution in [-0.2, 0) is 28.5 Å². The molecule has 0 heterocycles. The van der Waals surface area contributed by atoms with Gasteiger partial charge in [-0.25, -0.2) is 4.18 Å². The number of rotatable bonds is 10. The molecule has 1 unspecified atom stereocenters. The van der Waals surface area contributed by atoms with Gasteiger partial charge in [0.05, 0.1) is 24.7 Å². The lowest BCUT2D eigenvalue weighted by Gasteiger charge is -2.17. The predicted molar refractivity (Wildman–Crippen MR) is 77.6 cm³/mol. The van der Waals surface area contributed by atoms with Gasteiger partial charge in [0.2, 0.25) is 0 Å². The van der Waals surface area contributed by atoms with Gasteiger partial charge in [0.1, 0.15) is 0 Å². The van der Waals surface area contributed by atoms with Crippen LogP contribution in [0.3, 0.4) is 0 Å². The SMILES string of the molecule is CCOC(COCCOC)OS(=O)(=O)c1ccc(C)cc1. The molecule has 0 radical (unpaired) electrons. The number of hydrogen-bond acceptors (Lipinski definition) is 6. The predicted octanol–water partition coefficient (Wildman–Crippen LogP) is 1.73. The van der Waals surface area contributed by atoms with Crippen molar-refractivity contribution in [2.24, 2.45) is 0 Å². The van der Waals surface area contributed by atoms with E-state index in [2.05, 4.69) is 0 Å². The Hall–Kier alpha value is -0.990. The van der Waals surface area contributed by atoms with E-state index >= 15 is 0 Å². The molecule has 120 valence electrons. The summed E-state index contributed by atoms with van der Waals surface area (Å²) in [5.41, 5.74) is 0.971. The van der Waals surface area contributed by atoms with Crippen LogP contribution in [0.5, 0.6) is 0 Å². The third-order valence-electron chi connectivity index (χ3n) is 2.58. The lowest BCUT2D eigenvalue weighted by molar-refractivity contribution is -0.118. The number of hydrogen-bond donors (Lipinski definition) is 0. The van der Waals surface area contributed by atoms with E-state index in [-0.39, 0.29) is 11.5 Å². The highest BCUT2D eigenvalue weighted by Crippen LogP contribution is 2.15. The van der Waals surface area contributed by atoms with Gasteiger partial charge in [0, 0.05) is 13.7 Å². The fourth-order valence-corrected chi connectivity index (χ4v) is 2.49. The van der Waals surface area contributed by atoms with Crippen LogP contribution in [0.15, 0.2) is 29.2 Å². The van der Waals surface area contributed by atoms with Crippen LogP contribution in [0.1, 0.15) is 12.5 Å². The van der Waals surface area contributed by atoms with E-state index in [4.69, 9.17) is 18.4 Å². The Kier molecular flexibility index (Phi) is 7.84. The zero-order chi connectivity index (χ0) is 15.7. The monoisotopic (exact) mass is 318 g/mol. The molecule has 1 aromatic rings. The van der Waals surface area contributed by atoms with Crippen molar-refractivity contribution in [3.05, 3.63) is 29.8 Å². The van der Waals surface area contributed by atoms with Crippen molar-refractivity contribution in [1.29, 1.82) is 0 Å². The lowest BCUT2D eigenvalue weighted by atomic mass is 10.2. The second-order valence-electron chi connectivity index (χ2n) is 4.32. The van der Waals surface area contributed by atoms with Gasteiger partial charge >= 0.3 is 0 Å². The van der Waals surface area contributed by atoms with Crippen LogP contribution >= 0.6 is 0 Å². The Balaban J connectivity index is 2.65. The van der Waals surface area contributed by atoms with Crippen LogP contribution < -0.4 is 0 Å². The average Bonchev–Trinajstić information content (AvgIpc) is 2.44. The Bertz CT molecular complexity index is 497. The summed E-state index contributed by atoms with van der Waals surface area (Å²) in [6, 6.07) is 6.42. The molecule has 7 heteroatoms. The molecule has 0 aliphatic heterocycles. The summed E-state index contributed by atoms with van der Waals surface area (Å²) >= 11 is 0. The van der Waals surface area contributed by atoms with Crippen molar-refractivity contribution in [2.45, 2.75) is 25.0 Å². The fourth-order valence-electron chi connectivity index (χ4n) is 1.51. The first-order valence-corrected chi connectivity index (χ1v) is 8.08. The molecular formula is C14H22O6S. The maximum absolute atomic E-state index is 12.1. The van der Waals surface area contributed by atoms with Gasteiger partial charge in [-0.15, -0.1) is 0 Å². The van der Waals surface area contributed by atoms with E-state index in [1.54, 1.807) is 26.2 Å². The van der Waals surface area contributed by atoms with E-state index in [1.807, 2.05) is 6.92 Å². The molecule has 0 aromatic heterocycles. The van der Waals surface area contributed by atoms with Crippen LogP contribution in [0.2, 0.25) is 0 Å². The smallest absolute Gasteiger partial charge is 0.299 e. The molecule has 0 fully saturated rings. The quantitative estimate of drug-likeness (QED) is 0.372. The van der Waals surface area contributed by atoms with Crippen molar-refractivity contribution in [3.8, 4) is 0 Å². The summed E-state index contributed by atoms with van der Waals surface area (Å²) in [6.45, 7) is 4.73. The van der Waals surface area contributed by atoms with Gasteiger partial charge in [-0.3, -0.25) is 0 Å². The average molecular weight is 318 g/mol. The molecule has 1 rings (SSSR count). The molecule has 6 nitrogen and oxygen atoms in total. The minimum Gasteiger partial charge on any atom is -0.382 e. The van der Waals surface area contributed by atoms with E-state index < -0.39 is 16.4 Å². The molecule has 0 aliphatic carbocycles. The molecule has 0 saturated heterocycles. The van der Waals surface area contributed by atoms with Gasteiger partial charge in [0.25, 0.3) is 10.1 Å². The van der Waals surface area contributed by atoms with Gasteiger partial charge in [0.15, 0.2) is 6.29 Å². The zero-order valence-corrected chi connectivity index (χ0v) is 13.4. The molecule has 0 amide bonds. The third kappa shape index (κ3) is 6.54. The topological polar surface area (TPSA) is 71.1 Å². The molecule has 0 saturated carbocycles. The van der Waals surface area contributed by atoms with Crippen molar-refractivity contribution >= 4 is 10.1 Å². The van der Waals surface area contributed by atoms with Crippen LogP contribution in [0.4, 0.5) is 0 Å². The van der Waals surface area contributed by atoms with Crippen LogP contribution in [0, 0.1) is 6.92 Å². The van der Waals surface area contributed by atoms with Crippen LogP contribution in [-0.4, -0.2) is 48.2 Å². The summed E-state index contributed by atoms with van der Waals surface area (Å²) in [4.78, 5) is 0.0923. The lowest BCUT2D eigenvalue weighted by Crippen LogP contribution is -2.27. The van der Waals surface area contributed by atoms with Crippen molar-refractivity contribution in [3.63, 3.8) is 0 Å². The Morgan fingerprint density at radius 3 is 2.38 bits per heavy atom. The Morgan fingerprint density at radius 1 is 1.14 bits per heavy atom. The van der Waals surface area contributed by atoms with Gasteiger partial charge < -0.3 is 14.2 Å². The molecule has 21 heavy (non-hydrogen) atoms. The number of benzene rings is 1. The molecule has 1 atom stereocenters. The molecule has 0 aliphatic rings. The van der Waals surface area contributed by atoms with Crippen molar-refractivity contribution in [1.82, 2.24) is 0 Å². The zero-order valence-electron chi connectivity index (χ0n) is 12.6. The maximum Gasteiger partial charge on any atom is 0.299 e. The first-order chi connectivity index (χ1) is 9.99. The Labute approximate surface area is 126 Å². The van der Waals surface area contributed by atoms with Gasteiger partial charge in [-0.1, -0.05) is 17.7 Å². The minimum absolute atomic E-state index is 0.0162. The maximum atomic E-state index is 12.1. The first-order valence-electron chi connectivity index (χ1n) is 6.68. The minimum atomic E-state index is -3.88. The van der Waals surface area contributed by atoms with Crippen molar-refractivity contribution in [2.75, 3.05) is 33.5 Å². The number of aryl methyl sites for hydroxylation is 1. The van der Waals surface area contributed by atoms with E-state index in [1.165, 1.54) is 12.1 Å². The highest BCUT2D eigenvalue weighted by atomic mass is 32.2. The fraction of sp³-hybridized carbons (Fsp3) is 0.571. The molecule has 0 spiro atoms. The number of methoxy groups -OCH3 is 1. The highest BCUT2D eigenvalue weighted by Gasteiger charge is 2.22. The third-order valence-corrected chi connectivity index (χ3v) is 3.90. The van der Waals surface area contributed by atoms with Crippen LogP contribution in [0.25, 0.3) is 0 Å². The molecular weight excluding hydrogens is 296 g/mol. The summed E-state index contributed by atoms with van der Waals surface area (Å²) in [7, 11) is -2.32. The van der Waals surface area contributed by atoms with Gasteiger partial charge in [-0.05, 0) is 26.0 Å². The van der Waals surface area contributed by atoms with E-state index in [0.717, 1.165) is 5.56 Å². The second-order valence-corrected chi connectivity index (χ2v) is 5.89. The van der Waals surface area contributed by atoms with Crippen molar-refractivity contribution < 1.29 is 26.8 Å². The van der Waals surface area contributed by atoms with E-state index in [9.17, 15) is 8.42 Å². The first kappa shape index (κ1) is 18.1. The molecule has 0 bridgehead atoms. The summed E-state index contributed by atoms with van der Waals surface area (Å²) in [6.07, 6.45) is -0.974. The summed E-state index contributed by atoms with van der Waals surface area (Å²) < 4.78 is 44.7. The second kappa shape index (κ2) is 9.11. The normalized spacial score (nSPS) is 13.3. The highest BCUT2D eigenvalue weighted by molar-refractivity contribution is 7.86. The standard InChI is InChI=1S/C14H22O6S/c1-4-19-14(11-18-10-9-17-3)20-21(15,16)13-7-5-12(2)6-8-13/h5-8,14H,4,9-11H2,1-3H3. The van der Waals surface area contributed by atoms with Gasteiger partial charge in [-0.2, -0.15) is 8.42 Å². The summed E-state index contributed by atoms with van der Waals surface area (Å²) in [5.74, 6) is 0. The largest absolute Gasteiger partial charge is 0.382 e. The Morgan fingerprint density at radius 2 is 1.81 bits per heavy atom. The van der Waals surface area contributed by atoms with E-state index in [0.29, 0.717) is 19.8 Å². The molecule has 1 aromatic carbocycles. The molecule has 0 N–H and O–H groups in total.